The molecular weight excluding hydrogens is 238 g/mol. The molecule has 1 aliphatic rings. The third kappa shape index (κ3) is 2.65. The lowest BCUT2D eigenvalue weighted by Crippen LogP contribution is -2.32. The van der Waals surface area contributed by atoms with E-state index in [-0.39, 0.29) is 12.5 Å². The van der Waals surface area contributed by atoms with Gasteiger partial charge in [-0.25, -0.2) is 0 Å². The van der Waals surface area contributed by atoms with Crippen molar-refractivity contribution in [2.45, 2.75) is 12.5 Å². The van der Waals surface area contributed by atoms with E-state index >= 15 is 0 Å². The van der Waals surface area contributed by atoms with Crippen LogP contribution in [-0.4, -0.2) is 40.0 Å². The van der Waals surface area contributed by atoms with Crippen molar-refractivity contribution in [3.63, 3.8) is 0 Å². The maximum Gasteiger partial charge on any atom is 0.261 e. The van der Waals surface area contributed by atoms with Crippen LogP contribution in [0.2, 0.25) is 0 Å². The van der Waals surface area contributed by atoms with E-state index in [0.717, 1.165) is 0 Å². The summed E-state index contributed by atoms with van der Waals surface area (Å²) in [6.07, 6.45) is 2.65. The highest BCUT2D eigenvalue weighted by Crippen LogP contribution is 2.09. The number of nitrogens with one attached hydrogen (secondary N) is 1. The molecule has 1 aromatic rings. The predicted octanol–water partition coefficient (Wildman–Crippen LogP) is -1.22. The quantitative estimate of drug-likeness (QED) is 0.698. The second-order valence-electron chi connectivity index (χ2n) is 3.94. The summed E-state index contributed by atoms with van der Waals surface area (Å²) in [5.74, 6) is -0.819. The van der Waals surface area contributed by atoms with Crippen molar-refractivity contribution < 1.29 is 14.4 Å². The zero-order valence-electron chi connectivity index (χ0n) is 9.79. The van der Waals surface area contributed by atoms with Crippen molar-refractivity contribution in [3.05, 3.63) is 18.0 Å². The van der Waals surface area contributed by atoms with Crippen molar-refractivity contribution in [3.8, 4) is 0 Å². The first-order valence-corrected chi connectivity index (χ1v) is 5.34. The minimum absolute atomic E-state index is 0.220. The van der Waals surface area contributed by atoms with Gasteiger partial charge in [-0.2, -0.15) is 5.10 Å². The van der Waals surface area contributed by atoms with Gasteiger partial charge in [0.15, 0.2) is 0 Å². The van der Waals surface area contributed by atoms with Crippen molar-refractivity contribution in [2.75, 3.05) is 6.54 Å². The van der Waals surface area contributed by atoms with Gasteiger partial charge in [0, 0.05) is 19.7 Å². The van der Waals surface area contributed by atoms with Crippen molar-refractivity contribution in [1.82, 2.24) is 15.1 Å². The molecule has 1 unspecified atom stereocenters. The molecule has 2 heterocycles. The molecule has 18 heavy (non-hydrogen) atoms. The van der Waals surface area contributed by atoms with Gasteiger partial charge in [-0.3, -0.25) is 14.3 Å². The number of carbonyl (C=O) groups excluding carboxylic acids is 2. The highest BCUT2D eigenvalue weighted by Gasteiger charge is 2.26. The van der Waals surface area contributed by atoms with E-state index in [1.54, 1.807) is 13.2 Å². The van der Waals surface area contributed by atoms with Gasteiger partial charge in [-0.1, -0.05) is 5.16 Å². The molecule has 1 aromatic heterocycles. The van der Waals surface area contributed by atoms with E-state index < -0.39 is 12.0 Å². The molecule has 0 bridgehead atoms. The summed E-state index contributed by atoms with van der Waals surface area (Å²) in [6.45, 7) is 0.220. The van der Waals surface area contributed by atoms with Crippen molar-refractivity contribution in [2.24, 2.45) is 17.9 Å². The highest BCUT2D eigenvalue weighted by atomic mass is 16.6. The van der Waals surface area contributed by atoms with Crippen LogP contribution in [0, 0.1) is 0 Å². The van der Waals surface area contributed by atoms with Gasteiger partial charge in [-0.15, -0.1) is 0 Å². The molecule has 0 aliphatic carbocycles. The molecule has 1 atom stereocenters. The fourth-order valence-corrected chi connectivity index (χ4v) is 1.51. The minimum atomic E-state index is -0.727. The van der Waals surface area contributed by atoms with Gasteiger partial charge in [0.05, 0.1) is 24.0 Å². The number of hydrogen-bond acceptors (Lipinski definition) is 5. The molecule has 8 nitrogen and oxygen atoms in total. The third-order valence-corrected chi connectivity index (χ3v) is 2.47. The Kier molecular flexibility index (Phi) is 3.26. The smallest absolute Gasteiger partial charge is 0.261 e. The molecule has 8 heteroatoms. The van der Waals surface area contributed by atoms with Crippen LogP contribution in [0.15, 0.2) is 17.5 Å². The van der Waals surface area contributed by atoms with Gasteiger partial charge in [0.25, 0.3) is 11.8 Å². The molecule has 2 amide bonds. The molecule has 0 spiro atoms. The number of hydrogen-bond donors (Lipinski definition) is 2. The summed E-state index contributed by atoms with van der Waals surface area (Å²) < 4.78 is 1.54. The number of nitrogens with zero attached hydrogens (tertiary/aromatic N) is 3. The summed E-state index contributed by atoms with van der Waals surface area (Å²) in [6, 6.07) is 0. The van der Waals surface area contributed by atoms with E-state index in [9.17, 15) is 9.59 Å². The van der Waals surface area contributed by atoms with Crippen molar-refractivity contribution in [1.29, 1.82) is 0 Å². The van der Waals surface area contributed by atoms with Crippen LogP contribution >= 0.6 is 0 Å². The molecule has 0 radical (unpaired) electrons. The zero-order valence-corrected chi connectivity index (χ0v) is 9.79. The largest absolute Gasteiger partial charge is 0.382 e. The fourth-order valence-electron chi connectivity index (χ4n) is 1.51. The van der Waals surface area contributed by atoms with Crippen LogP contribution < -0.4 is 11.1 Å². The molecule has 2 rings (SSSR count). The second kappa shape index (κ2) is 4.86. The first-order valence-electron chi connectivity index (χ1n) is 5.34. The Morgan fingerprint density at radius 3 is 3.00 bits per heavy atom. The number of nitrogens with two attached hydrogens (primary N) is 1. The van der Waals surface area contributed by atoms with E-state index in [4.69, 9.17) is 10.6 Å². The lowest BCUT2D eigenvalue weighted by atomic mass is 10.1. The van der Waals surface area contributed by atoms with Crippen LogP contribution in [0.5, 0.6) is 0 Å². The number of primary amides is 1. The van der Waals surface area contributed by atoms with E-state index in [2.05, 4.69) is 15.6 Å². The standard InChI is InChI=1S/C10H13N5O3/c1-15-5-6(3-13-15)10(17)12-4-7-2-8(9(11)16)18-14-7/h3,5,8H,2,4H2,1H3,(H2,11,16)(H,12,17). The number of aryl methyl sites for hydroxylation is 1. The molecule has 0 saturated heterocycles. The summed E-state index contributed by atoms with van der Waals surface area (Å²) >= 11 is 0. The summed E-state index contributed by atoms with van der Waals surface area (Å²) in [5.41, 5.74) is 6.12. The molecule has 0 fully saturated rings. The van der Waals surface area contributed by atoms with Crippen LogP contribution in [0.1, 0.15) is 16.8 Å². The molecule has 0 saturated carbocycles. The van der Waals surface area contributed by atoms with Gasteiger partial charge >= 0.3 is 0 Å². The van der Waals surface area contributed by atoms with Gasteiger partial charge in [0.2, 0.25) is 6.10 Å². The maximum atomic E-state index is 11.7. The number of aromatic nitrogens is 2. The first kappa shape index (κ1) is 12.1. The van der Waals surface area contributed by atoms with Crippen LogP contribution in [-0.2, 0) is 16.7 Å². The third-order valence-electron chi connectivity index (χ3n) is 2.47. The summed E-state index contributed by atoms with van der Waals surface area (Å²) in [4.78, 5) is 27.3. The average Bonchev–Trinajstić information content (AvgIpc) is 2.94. The van der Waals surface area contributed by atoms with Gasteiger partial charge in [0.1, 0.15) is 0 Å². The monoisotopic (exact) mass is 251 g/mol. The first-order chi connectivity index (χ1) is 8.56. The normalized spacial score (nSPS) is 18.1. The van der Waals surface area contributed by atoms with Crippen LogP contribution in [0.25, 0.3) is 0 Å². The number of carbonyl (C=O) groups is 2. The topological polar surface area (TPSA) is 112 Å². The SMILES string of the molecule is Cn1cc(C(=O)NCC2=NOC(C(N)=O)C2)cn1. The van der Waals surface area contributed by atoms with E-state index in [1.165, 1.54) is 10.9 Å². The van der Waals surface area contributed by atoms with Crippen LogP contribution in [0.4, 0.5) is 0 Å². The van der Waals surface area contributed by atoms with Gasteiger partial charge in [-0.05, 0) is 0 Å². The summed E-state index contributed by atoms with van der Waals surface area (Å²) in [7, 11) is 1.73. The maximum absolute atomic E-state index is 11.7. The number of oxime groups is 1. The van der Waals surface area contributed by atoms with Crippen LogP contribution in [0.3, 0.4) is 0 Å². The molecular formula is C10H13N5O3. The number of amides is 2. The predicted molar refractivity (Wildman–Crippen MR) is 61.7 cm³/mol. The fraction of sp³-hybridized carbons (Fsp3) is 0.400. The Hall–Kier alpha value is -2.38. The highest BCUT2D eigenvalue weighted by molar-refractivity contribution is 5.99. The zero-order chi connectivity index (χ0) is 13.1. The lowest BCUT2D eigenvalue weighted by Gasteiger charge is -2.02. The van der Waals surface area contributed by atoms with E-state index in [0.29, 0.717) is 17.7 Å². The van der Waals surface area contributed by atoms with E-state index in [1.807, 2.05) is 0 Å². The molecule has 1 aliphatic heterocycles. The lowest BCUT2D eigenvalue weighted by molar-refractivity contribution is -0.127. The Labute approximate surface area is 103 Å². The molecule has 96 valence electrons. The second-order valence-corrected chi connectivity index (χ2v) is 3.94. The van der Waals surface area contributed by atoms with Crippen molar-refractivity contribution >= 4 is 17.5 Å². The number of rotatable bonds is 4. The minimum Gasteiger partial charge on any atom is -0.382 e. The Bertz CT molecular complexity index is 507. The Morgan fingerprint density at radius 1 is 1.67 bits per heavy atom. The Morgan fingerprint density at radius 2 is 2.44 bits per heavy atom. The average molecular weight is 251 g/mol. The van der Waals surface area contributed by atoms with Gasteiger partial charge < -0.3 is 15.9 Å². The Balaban J connectivity index is 1.83. The molecule has 0 aromatic carbocycles. The summed E-state index contributed by atoms with van der Waals surface area (Å²) in [5, 5.41) is 10.2. The molecule has 3 N–H and O–H groups in total.